The molecule has 2 aromatic carbocycles. The van der Waals surface area contributed by atoms with Gasteiger partial charge in [0, 0.05) is 39.6 Å². The highest BCUT2D eigenvalue weighted by molar-refractivity contribution is 8.13. The standard InChI is InChI=1S/C24H29N3O5S/c1-16-19(22(29)32-23(30)26(2)3)12-9-13-20(16)25-21(28)18(15-33-24(31)27(4)5)14-17-10-7-6-8-11-17/h6-13,18H,14-15H2,1-5H3,(H,25,28). The number of thioether (sulfide) groups is 1. The minimum atomic E-state index is -0.796. The van der Waals surface area contributed by atoms with Crippen molar-refractivity contribution in [1.82, 2.24) is 9.80 Å². The molecule has 0 heterocycles. The molecule has 3 amide bonds. The van der Waals surface area contributed by atoms with Gasteiger partial charge in [0.15, 0.2) is 0 Å². The highest BCUT2D eigenvalue weighted by Gasteiger charge is 2.24. The van der Waals surface area contributed by atoms with Crippen LogP contribution in [-0.4, -0.2) is 67.0 Å². The molecule has 0 aliphatic rings. The first kappa shape index (κ1) is 25.9. The van der Waals surface area contributed by atoms with Crippen molar-refractivity contribution in [3.8, 4) is 0 Å². The lowest BCUT2D eigenvalue weighted by Gasteiger charge is -2.19. The van der Waals surface area contributed by atoms with Crippen LogP contribution in [0.4, 0.5) is 15.3 Å². The number of benzene rings is 2. The number of carbonyl (C=O) groups is 4. The van der Waals surface area contributed by atoms with Gasteiger partial charge in [-0.15, -0.1) is 0 Å². The molecule has 0 bridgehead atoms. The topological polar surface area (TPSA) is 96.0 Å². The number of hydrogen-bond donors (Lipinski definition) is 1. The summed E-state index contributed by atoms with van der Waals surface area (Å²) in [6, 6.07) is 14.4. The van der Waals surface area contributed by atoms with Crippen molar-refractivity contribution >= 4 is 40.7 Å². The molecule has 0 saturated carbocycles. The van der Waals surface area contributed by atoms with Gasteiger partial charge in [-0.05, 0) is 36.6 Å². The van der Waals surface area contributed by atoms with Crippen LogP contribution in [-0.2, 0) is 16.0 Å². The second-order valence-corrected chi connectivity index (χ2v) is 8.85. The van der Waals surface area contributed by atoms with Crippen molar-refractivity contribution < 1.29 is 23.9 Å². The summed E-state index contributed by atoms with van der Waals surface area (Å²) in [6.07, 6.45) is -0.322. The maximum atomic E-state index is 13.2. The summed E-state index contributed by atoms with van der Waals surface area (Å²) in [5.41, 5.74) is 2.08. The lowest BCUT2D eigenvalue weighted by molar-refractivity contribution is -0.119. The highest BCUT2D eigenvalue weighted by Crippen LogP contribution is 2.23. The molecule has 1 unspecified atom stereocenters. The molecule has 1 atom stereocenters. The van der Waals surface area contributed by atoms with Crippen LogP contribution in [0.3, 0.4) is 0 Å². The Hall–Kier alpha value is -3.33. The molecule has 0 spiro atoms. The van der Waals surface area contributed by atoms with Gasteiger partial charge in [0.2, 0.25) is 5.91 Å². The molecular formula is C24H29N3O5S. The van der Waals surface area contributed by atoms with Gasteiger partial charge in [-0.2, -0.15) is 0 Å². The maximum Gasteiger partial charge on any atom is 0.417 e. The van der Waals surface area contributed by atoms with Gasteiger partial charge in [-0.25, -0.2) is 9.59 Å². The number of ether oxygens (including phenoxy) is 1. The number of anilines is 1. The zero-order chi connectivity index (χ0) is 24.5. The van der Waals surface area contributed by atoms with E-state index in [4.69, 9.17) is 4.74 Å². The van der Waals surface area contributed by atoms with Crippen molar-refractivity contribution in [3.63, 3.8) is 0 Å². The first-order valence-corrected chi connectivity index (χ1v) is 11.3. The number of esters is 1. The van der Waals surface area contributed by atoms with Crippen molar-refractivity contribution in [2.75, 3.05) is 39.3 Å². The fourth-order valence-corrected chi connectivity index (χ4v) is 3.75. The smallest absolute Gasteiger partial charge is 0.372 e. The Morgan fingerprint density at radius 1 is 0.939 bits per heavy atom. The van der Waals surface area contributed by atoms with Gasteiger partial charge < -0.3 is 19.9 Å². The van der Waals surface area contributed by atoms with E-state index in [0.717, 1.165) is 22.2 Å². The Bertz CT molecular complexity index is 1010. The first-order valence-electron chi connectivity index (χ1n) is 10.3. The van der Waals surface area contributed by atoms with E-state index in [0.29, 0.717) is 23.4 Å². The van der Waals surface area contributed by atoms with Gasteiger partial charge in [0.05, 0.1) is 11.5 Å². The summed E-state index contributed by atoms with van der Waals surface area (Å²) in [6.45, 7) is 1.67. The highest BCUT2D eigenvalue weighted by atomic mass is 32.2. The Morgan fingerprint density at radius 3 is 2.21 bits per heavy atom. The Kier molecular flexibility index (Phi) is 9.47. The third-order valence-corrected chi connectivity index (χ3v) is 6.01. The van der Waals surface area contributed by atoms with Crippen LogP contribution < -0.4 is 5.32 Å². The second kappa shape index (κ2) is 12.1. The summed E-state index contributed by atoms with van der Waals surface area (Å²) in [5, 5.41) is 2.74. The molecule has 2 aromatic rings. The number of nitrogens with one attached hydrogen (secondary N) is 1. The quantitative estimate of drug-likeness (QED) is 0.484. The van der Waals surface area contributed by atoms with Crippen LogP contribution in [0.25, 0.3) is 0 Å². The van der Waals surface area contributed by atoms with E-state index in [1.165, 1.54) is 25.1 Å². The fraction of sp³-hybridized carbons (Fsp3) is 0.333. The van der Waals surface area contributed by atoms with E-state index in [2.05, 4.69) is 5.32 Å². The molecule has 0 saturated heterocycles. The van der Waals surface area contributed by atoms with E-state index >= 15 is 0 Å². The van der Waals surface area contributed by atoms with Crippen LogP contribution in [0.15, 0.2) is 48.5 Å². The first-order chi connectivity index (χ1) is 15.6. The number of nitrogens with zero attached hydrogens (tertiary/aromatic N) is 2. The predicted molar refractivity (Wildman–Crippen MR) is 129 cm³/mol. The molecular weight excluding hydrogens is 442 g/mol. The zero-order valence-corrected chi connectivity index (χ0v) is 20.3. The molecule has 0 fully saturated rings. The number of amides is 3. The van der Waals surface area contributed by atoms with Crippen LogP contribution in [0.2, 0.25) is 0 Å². The van der Waals surface area contributed by atoms with Gasteiger partial charge in [-0.3, -0.25) is 9.59 Å². The van der Waals surface area contributed by atoms with E-state index in [-0.39, 0.29) is 16.7 Å². The monoisotopic (exact) mass is 471 g/mol. The van der Waals surface area contributed by atoms with Gasteiger partial charge in [-0.1, -0.05) is 48.2 Å². The molecule has 1 N–H and O–H groups in total. The van der Waals surface area contributed by atoms with Crippen molar-refractivity contribution in [1.29, 1.82) is 0 Å². The van der Waals surface area contributed by atoms with Crippen LogP contribution in [0, 0.1) is 12.8 Å². The SMILES string of the molecule is Cc1c(NC(=O)C(CSC(=O)N(C)C)Cc2ccccc2)cccc1C(=O)OC(=O)N(C)C. The average molecular weight is 472 g/mol. The zero-order valence-electron chi connectivity index (χ0n) is 19.5. The van der Waals surface area contributed by atoms with Crippen molar-refractivity contribution in [2.24, 2.45) is 5.92 Å². The molecule has 0 aromatic heterocycles. The lowest BCUT2D eigenvalue weighted by Crippen LogP contribution is -2.29. The number of rotatable bonds is 7. The predicted octanol–water partition coefficient (Wildman–Crippen LogP) is 4.05. The van der Waals surface area contributed by atoms with Crippen LogP contribution in [0.1, 0.15) is 21.5 Å². The molecule has 0 radical (unpaired) electrons. The maximum absolute atomic E-state index is 13.2. The van der Waals surface area contributed by atoms with Gasteiger partial charge in [0.25, 0.3) is 5.24 Å². The van der Waals surface area contributed by atoms with Crippen LogP contribution in [0.5, 0.6) is 0 Å². The third kappa shape index (κ3) is 7.64. The molecule has 0 aliphatic carbocycles. The fourth-order valence-electron chi connectivity index (χ4n) is 2.88. The lowest BCUT2D eigenvalue weighted by atomic mass is 9.99. The largest absolute Gasteiger partial charge is 0.417 e. The molecule has 0 aliphatic heterocycles. The second-order valence-electron chi connectivity index (χ2n) is 7.88. The number of hydrogen-bond acceptors (Lipinski definition) is 6. The molecule has 33 heavy (non-hydrogen) atoms. The van der Waals surface area contributed by atoms with Gasteiger partial charge >= 0.3 is 12.1 Å². The van der Waals surface area contributed by atoms with Gasteiger partial charge in [0.1, 0.15) is 0 Å². The number of carbonyl (C=O) groups excluding carboxylic acids is 4. The average Bonchev–Trinajstić information content (AvgIpc) is 2.78. The summed E-state index contributed by atoms with van der Waals surface area (Å²) < 4.78 is 4.84. The molecule has 2 rings (SSSR count). The molecule has 8 nitrogen and oxygen atoms in total. The van der Waals surface area contributed by atoms with Crippen molar-refractivity contribution in [3.05, 3.63) is 65.2 Å². The normalized spacial score (nSPS) is 11.3. The van der Waals surface area contributed by atoms with E-state index in [1.54, 1.807) is 33.2 Å². The van der Waals surface area contributed by atoms with E-state index < -0.39 is 18.0 Å². The van der Waals surface area contributed by atoms with E-state index in [9.17, 15) is 19.2 Å². The summed E-state index contributed by atoms with van der Waals surface area (Å²) >= 11 is 1.08. The Morgan fingerprint density at radius 2 is 1.61 bits per heavy atom. The molecule has 176 valence electrons. The van der Waals surface area contributed by atoms with E-state index in [1.807, 2.05) is 30.3 Å². The molecule has 9 heteroatoms. The summed E-state index contributed by atoms with van der Waals surface area (Å²) in [7, 11) is 6.28. The Labute approximate surface area is 198 Å². The third-order valence-electron chi connectivity index (χ3n) is 4.83. The van der Waals surface area contributed by atoms with Crippen molar-refractivity contribution in [2.45, 2.75) is 13.3 Å². The Balaban J connectivity index is 2.20. The minimum absolute atomic E-state index is 0.132. The van der Waals surface area contributed by atoms with Crippen LogP contribution >= 0.6 is 11.8 Å². The summed E-state index contributed by atoms with van der Waals surface area (Å²) in [4.78, 5) is 52.0. The minimum Gasteiger partial charge on any atom is -0.372 e. The summed E-state index contributed by atoms with van der Waals surface area (Å²) in [5.74, 6) is -1.24.